The van der Waals surface area contributed by atoms with Crippen LogP contribution in [0, 0.1) is 6.92 Å². The summed E-state index contributed by atoms with van der Waals surface area (Å²) < 4.78 is 10.7. The molecule has 0 aromatic heterocycles. The number of nitrogens with zero attached hydrogens (tertiary/aromatic N) is 1. The van der Waals surface area contributed by atoms with Crippen LogP contribution in [0.25, 0.3) is 0 Å². The Morgan fingerprint density at radius 2 is 2.22 bits per heavy atom. The molecule has 1 aliphatic rings. The van der Waals surface area contributed by atoms with Gasteiger partial charge in [-0.2, -0.15) is 11.8 Å². The number of ether oxygens (including phenoxy) is 2. The molecule has 1 N–H and O–H groups in total. The van der Waals surface area contributed by atoms with Crippen molar-refractivity contribution in [1.82, 2.24) is 4.90 Å². The Hall–Kier alpha value is -1.89. The Kier molecular flexibility index (Phi) is 6.15. The zero-order valence-electron chi connectivity index (χ0n) is 13.3. The van der Waals surface area contributed by atoms with Crippen molar-refractivity contribution in [2.24, 2.45) is 0 Å². The van der Waals surface area contributed by atoms with Gasteiger partial charge >= 0.3 is 5.97 Å². The van der Waals surface area contributed by atoms with Crippen molar-refractivity contribution >= 4 is 23.6 Å². The summed E-state index contributed by atoms with van der Waals surface area (Å²) in [6.07, 6.45) is -0.0274. The second kappa shape index (κ2) is 8.10. The summed E-state index contributed by atoms with van der Waals surface area (Å²) in [6.45, 7) is 2.37. The van der Waals surface area contributed by atoms with Crippen LogP contribution in [0.15, 0.2) is 18.2 Å². The van der Waals surface area contributed by atoms with Gasteiger partial charge in [-0.15, -0.1) is 0 Å². The molecule has 1 amide bonds. The van der Waals surface area contributed by atoms with Crippen LogP contribution in [0.5, 0.6) is 11.5 Å². The summed E-state index contributed by atoms with van der Waals surface area (Å²) >= 11 is 1.67. The SMILES string of the molecule is COc1ccc(OCC(=O)N2CCSCC2CC(=O)O)cc1C. The number of carbonyl (C=O) groups excluding carboxylic acids is 1. The minimum Gasteiger partial charge on any atom is -0.496 e. The van der Waals surface area contributed by atoms with Crippen molar-refractivity contribution in [3.05, 3.63) is 23.8 Å². The highest BCUT2D eigenvalue weighted by atomic mass is 32.2. The van der Waals surface area contributed by atoms with Crippen molar-refractivity contribution in [2.75, 3.05) is 31.8 Å². The maximum absolute atomic E-state index is 12.3. The van der Waals surface area contributed by atoms with E-state index in [1.165, 1.54) is 0 Å². The van der Waals surface area contributed by atoms with Gasteiger partial charge in [0.25, 0.3) is 5.91 Å². The van der Waals surface area contributed by atoms with Gasteiger partial charge in [0.2, 0.25) is 0 Å². The van der Waals surface area contributed by atoms with E-state index < -0.39 is 5.97 Å². The number of carbonyl (C=O) groups is 2. The van der Waals surface area contributed by atoms with Gasteiger partial charge in [-0.1, -0.05) is 0 Å². The zero-order chi connectivity index (χ0) is 16.8. The molecular formula is C16H21NO5S. The van der Waals surface area contributed by atoms with E-state index in [1.54, 1.807) is 35.9 Å². The molecule has 0 spiro atoms. The lowest BCUT2D eigenvalue weighted by Gasteiger charge is -2.34. The predicted octanol–water partition coefficient (Wildman–Crippen LogP) is 1.80. The molecule has 1 saturated heterocycles. The van der Waals surface area contributed by atoms with Gasteiger partial charge in [0.1, 0.15) is 11.5 Å². The Labute approximate surface area is 139 Å². The number of thioether (sulfide) groups is 1. The quantitative estimate of drug-likeness (QED) is 0.852. The number of rotatable bonds is 6. The molecule has 0 bridgehead atoms. The molecule has 2 rings (SSSR count). The molecule has 1 atom stereocenters. The third-order valence-electron chi connectivity index (χ3n) is 3.69. The third-order valence-corrected chi connectivity index (χ3v) is 4.78. The summed E-state index contributed by atoms with van der Waals surface area (Å²) in [5.41, 5.74) is 0.926. The minimum absolute atomic E-state index is 0.0274. The van der Waals surface area contributed by atoms with Crippen LogP contribution in [0.2, 0.25) is 0 Å². The maximum Gasteiger partial charge on any atom is 0.305 e. The smallest absolute Gasteiger partial charge is 0.305 e. The average Bonchev–Trinajstić information content (AvgIpc) is 2.52. The molecule has 1 heterocycles. The molecule has 126 valence electrons. The van der Waals surface area contributed by atoms with Gasteiger partial charge in [0.15, 0.2) is 6.61 Å². The average molecular weight is 339 g/mol. The van der Waals surface area contributed by atoms with Gasteiger partial charge in [-0.05, 0) is 30.7 Å². The second-order valence-electron chi connectivity index (χ2n) is 5.33. The molecule has 1 aromatic carbocycles. The Bertz CT molecular complexity index is 578. The van der Waals surface area contributed by atoms with Gasteiger partial charge in [0.05, 0.1) is 19.6 Å². The molecule has 0 aliphatic carbocycles. The molecule has 1 unspecified atom stereocenters. The summed E-state index contributed by atoms with van der Waals surface area (Å²) in [6, 6.07) is 5.09. The van der Waals surface area contributed by atoms with Gasteiger partial charge in [-0.3, -0.25) is 9.59 Å². The van der Waals surface area contributed by atoms with Crippen LogP contribution in [0.4, 0.5) is 0 Å². The Balaban J connectivity index is 1.94. The third kappa shape index (κ3) is 4.79. The van der Waals surface area contributed by atoms with Crippen LogP contribution in [0.1, 0.15) is 12.0 Å². The highest BCUT2D eigenvalue weighted by molar-refractivity contribution is 7.99. The molecule has 23 heavy (non-hydrogen) atoms. The van der Waals surface area contributed by atoms with E-state index in [0.29, 0.717) is 18.0 Å². The molecular weight excluding hydrogens is 318 g/mol. The largest absolute Gasteiger partial charge is 0.496 e. The maximum atomic E-state index is 12.3. The van der Waals surface area contributed by atoms with Crippen molar-refractivity contribution in [2.45, 2.75) is 19.4 Å². The van der Waals surface area contributed by atoms with E-state index in [0.717, 1.165) is 17.1 Å². The van der Waals surface area contributed by atoms with E-state index in [4.69, 9.17) is 14.6 Å². The fourth-order valence-corrected chi connectivity index (χ4v) is 3.58. The van der Waals surface area contributed by atoms with E-state index in [9.17, 15) is 9.59 Å². The van der Waals surface area contributed by atoms with Crippen LogP contribution < -0.4 is 9.47 Å². The lowest BCUT2D eigenvalue weighted by Crippen LogP contribution is -2.48. The fraction of sp³-hybridized carbons (Fsp3) is 0.500. The van der Waals surface area contributed by atoms with Gasteiger partial charge in [0, 0.05) is 18.1 Å². The summed E-state index contributed by atoms with van der Waals surface area (Å²) in [5, 5.41) is 8.96. The number of aryl methyl sites for hydroxylation is 1. The molecule has 1 aromatic rings. The van der Waals surface area contributed by atoms with E-state index >= 15 is 0 Å². The number of carboxylic acid groups (broad SMARTS) is 1. The van der Waals surface area contributed by atoms with Crippen molar-refractivity contribution in [3.63, 3.8) is 0 Å². The number of aliphatic carboxylic acids is 1. The van der Waals surface area contributed by atoms with Gasteiger partial charge < -0.3 is 19.5 Å². The zero-order valence-corrected chi connectivity index (χ0v) is 14.1. The van der Waals surface area contributed by atoms with Gasteiger partial charge in [-0.25, -0.2) is 0 Å². The van der Waals surface area contributed by atoms with Crippen molar-refractivity contribution in [1.29, 1.82) is 0 Å². The number of amides is 1. The molecule has 1 fully saturated rings. The minimum atomic E-state index is -0.887. The lowest BCUT2D eigenvalue weighted by atomic mass is 10.2. The molecule has 0 radical (unpaired) electrons. The second-order valence-corrected chi connectivity index (χ2v) is 6.48. The van der Waals surface area contributed by atoms with Crippen LogP contribution in [0.3, 0.4) is 0 Å². The van der Waals surface area contributed by atoms with E-state index in [-0.39, 0.29) is 25.0 Å². The first-order valence-electron chi connectivity index (χ1n) is 7.37. The monoisotopic (exact) mass is 339 g/mol. The van der Waals surface area contributed by atoms with E-state index in [1.807, 2.05) is 13.0 Å². The van der Waals surface area contributed by atoms with E-state index in [2.05, 4.69) is 0 Å². The van der Waals surface area contributed by atoms with Crippen molar-refractivity contribution < 1.29 is 24.2 Å². The number of carboxylic acids is 1. The molecule has 1 aliphatic heterocycles. The molecule has 7 heteroatoms. The number of hydrogen-bond donors (Lipinski definition) is 1. The number of methoxy groups -OCH3 is 1. The summed E-state index contributed by atoms with van der Waals surface area (Å²) in [7, 11) is 1.60. The Morgan fingerprint density at radius 1 is 1.43 bits per heavy atom. The standard InChI is InChI=1S/C16H21NO5S/c1-11-7-13(3-4-14(11)21-2)22-9-15(18)17-5-6-23-10-12(17)8-16(19)20/h3-4,7,12H,5-6,8-10H2,1-2H3,(H,19,20). The first-order chi connectivity index (χ1) is 11.0. The Morgan fingerprint density at radius 3 is 2.87 bits per heavy atom. The molecule has 0 saturated carbocycles. The lowest BCUT2D eigenvalue weighted by molar-refractivity contribution is -0.141. The normalized spacial score (nSPS) is 17.7. The highest BCUT2D eigenvalue weighted by Crippen LogP contribution is 2.23. The summed E-state index contributed by atoms with van der Waals surface area (Å²) in [4.78, 5) is 24.9. The number of benzene rings is 1. The molecule has 6 nitrogen and oxygen atoms in total. The van der Waals surface area contributed by atoms with Crippen LogP contribution in [-0.4, -0.2) is 59.7 Å². The predicted molar refractivity (Wildman–Crippen MR) is 88.3 cm³/mol. The highest BCUT2D eigenvalue weighted by Gasteiger charge is 2.28. The van der Waals surface area contributed by atoms with Crippen LogP contribution >= 0.6 is 11.8 Å². The first kappa shape index (κ1) is 17.5. The van der Waals surface area contributed by atoms with Crippen molar-refractivity contribution in [3.8, 4) is 11.5 Å². The number of hydrogen-bond acceptors (Lipinski definition) is 5. The summed E-state index contributed by atoms with van der Waals surface area (Å²) in [5.74, 6) is 1.77. The first-order valence-corrected chi connectivity index (χ1v) is 8.53. The topological polar surface area (TPSA) is 76.1 Å². The fourth-order valence-electron chi connectivity index (χ4n) is 2.52. The van der Waals surface area contributed by atoms with Crippen LogP contribution in [-0.2, 0) is 9.59 Å².